The number of anilines is 1. The molecule has 1 aliphatic heterocycles. The number of rotatable bonds is 7. The minimum Gasteiger partial charge on any atom is -0.481 e. The summed E-state index contributed by atoms with van der Waals surface area (Å²) < 4.78 is 0. The van der Waals surface area contributed by atoms with Crippen LogP contribution in [0.2, 0.25) is 0 Å². The van der Waals surface area contributed by atoms with Crippen molar-refractivity contribution in [2.75, 3.05) is 11.4 Å². The molecule has 196 valence electrons. The van der Waals surface area contributed by atoms with Gasteiger partial charge >= 0.3 is 5.97 Å². The first-order valence-electron chi connectivity index (χ1n) is 11.3. The van der Waals surface area contributed by atoms with Crippen LogP contribution in [0.3, 0.4) is 0 Å². The monoisotopic (exact) mass is 511 g/mol. The molecule has 3 rings (SSSR count). The van der Waals surface area contributed by atoms with Crippen molar-refractivity contribution in [1.82, 2.24) is 10.4 Å². The summed E-state index contributed by atoms with van der Waals surface area (Å²) in [7, 11) is 0. The minimum atomic E-state index is -1.05. The molecule has 0 aliphatic carbocycles. The highest BCUT2D eigenvalue weighted by molar-refractivity contribution is 6.11. The zero-order valence-corrected chi connectivity index (χ0v) is 20.6. The van der Waals surface area contributed by atoms with Crippen molar-refractivity contribution in [1.29, 1.82) is 5.41 Å². The fraction of sp³-hybridized carbons (Fsp3) is 0.280. The first kappa shape index (κ1) is 28.5. The number of fused-ring (bicyclic) bond motifs is 1. The summed E-state index contributed by atoms with van der Waals surface area (Å²) in [4.78, 5) is 60.8. The van der Waals surface area contributed by atoms with Gasteiger partial charge in [0, 0.05) is 30.5 Å². The third-order valence-electron chi connectivity index (χ3n) is 5.22. The maximum atomic E-state index is 13.2. The van der Waals surface area contributed by atoms with Gasteiger partial charge in [-0.25, -0.2) is 5.01 Å². The summed E-state index contributed by atoms with van der Waals surface area (Å²) >= 11 is 0. The van der Waals surface area contributed by atoms with E-state index in [1.165, 1.54) is 23.1 Å². The zero-order chi connectivity index (χ0) is 27.9. The number of nitrogens with two attached hydrogens (primary N) is 1. The highest BCUT2D eigenvalue weighted by atomic mass is 16.4. The molecule has 6 N–H and O–H groups in total. The van der Waals surface area contributed by atoms with Crippen LogP contribution in [0.1, 0.15) is 59.0 Å². The van der Waals surface area contributed by atoms with Crippen molar-refractivity contribution in [3.63, 3.8) is 0 Å². The third kappa shape index (κ3) is 7.37. The summed E-state index contributed by atoms with van der Waals surface area (Å²) in [6, 6.07) is 10.8. The first-order chi connectivity index (χ1) is 17.3. The summed E-state index contributed by atoms with van der Waals surface area (Å²) in [5.74, 6) is -3.68. The third-order valence-corrected chi connectivity index (χ3v) is 5.22. The van der Waals surface area contributed by atoms with E-state index in [2.05, 4.69) is 5.43 Å². The van der Waals surface area contributed by atoms with Gasteiger partial charge in [-0.15, -0.1) is 0 Å². The van der Waals surface area contributed by atoms with Crippen LogP contribution < -0.4 is 16.1 Å². The SMILES string of the molecule is CC(=O)O.CC(C)N1C(=O)CN(NC(=O)c2ccc(C(=N)N)cc2CCC(=O)O)C(=O)c2ccccc21. The molecule has 3 amide bonds. The molecular formula is C25H29N5O7. The minimum absolute atomic E-state index is 0.0239. The van der Waals surface area contributed by atoms with Gasteiger partial charge in [-0.1, -0.05) is 18.2 Å². The number of nitrogen functional groups attached to an aromatic ring is 1. The molecule has 0 spiro atoms. The van der Waals surface area contributed by atoms with Crippen LogP contribution in [0.4, 0.5) is 5.69 Å². The largest absolute Gasteiger partial charge is 0.481 e. The summed E-state index contributed by atoms with van der Waals surface area (Å²) in [5, 5.41) is 25.0. The summed E-state index contributed by atoms with van der Waals surface area (Å²) in [6.45, 7) is 4.38. The highest BCUT2D eigenvalue weighted by Crippen LogP contribution is 2.27. The van der Waals surface area contributed by atoms with Gasteiger partial charge in [0.15, 0.2) is 0 Å². The van der Waals surface area contributed by atoms with Gasteiger partial charge in [-0.05, 0) is 50.1 Å². The molecule has 12 heteroatoms. The van der Waals surface area contributed by atoms with Crippen LogP contribution in [0.15, 0.2) is 42.5 Å². The number of nitrogens with zero attached hydrogens (tertiary/aromatic N) is 2. The van der Waals surface area contributed by atoms with E-state index in [0.717, 1.165) is 11.9 Å². The molecular weight excluding hydrogens is 482 g/mol. The Kier molecular flexibility index (Phi) is 9.47. The summed E-state index contributed by atoms with van der Waals surface area (Å²) in [5.41, 5.74) is 9.58. The number of para-hydroxylation sites is 1. The molecule has 1 aliphatic rings. The number of carbonyl (C=O) groups is 5. The van der Waals surface area contributed by atoms with Crippen LogP contribution in [-0.4, -0.2) is 63.3 Å². The smallest absolute Gasteiger partial charge is 0.303 e. The maximum Gasteiger partial charge on any atom is 0.303 e. The second kappa shape index (κ2) is 12.3. The van der Waals surface area contributed by atoms with E-state index >= 15 is 0 Å². The van der Waals surface area contributed by atoms with Gasteiger partial charge in [0.1, 0.15) is 12.4 Å². The Morgan fingerprint density at radius 3 is 2.30 bits per heavy atom. The fourth-order valence-electron chi connectivity index (χ4n) is 3.70. The van der Waals surface area contributed by atoms with E-state index in [4.69, 9.17) is 26.2 Å². The van der Waals surface area contributed by atoms with Crippen LogP contribution in [0.25, 0.3) is 0 Å². The Morgan fingerprint density at radius 1 is 1.11 bits per heavy atom. The van der Waals surface area contributed by atoms with Crippen molar-refractivity contribution < 1.29 is 34.2 Å². The molecule has 0 atom stereocenters. The molecule has 2 aromatic carbocycles. The Bertz CT molecular complexity index is 1240. The van der Waals surface area contributed by atoms with Gasteiger partial charge in [0.05, 0.1) is 11.3 Å². The van der Waals surface area contributed by atoms with E-state index < -0.39 is 23.8 Å². The average molecular weight is 512 g/mol. The Hall–Kier alpha value is -4.74. The van der Waals surface area contributed by atoms with Crippen LogP contribution >= 0.6 is 0 Å². The van der Waals surface area contributed by atoms with Crippen molar-refractivity contribution >= 4 is 41.2 Å². The standard InChI is InChI=1S/C23H25N5O5.C2H4O2/c1-13(2)28-18-6-4-3-5-17(18)23(33)27(12-19(28)29)26-22(32)16-9-7-15(21(24)25)11-14(16)8-10-20(30)31;1-2(3)4/h3-7,9,11,13H,8,10,12H2,1-2H3,(H3,24,25)(H,26,32)(H,30,31);1H3,(H,3,4). The molecule has 0 saturated heterocycles. The number of aliphatic carboxylic acids is 2. The lowest BCUT2D eigenvalue weighted by Crippen LogP contribution is -2.50. The lowest BCUT2D eigenvalue weighted by molar-refractivity contribution is -0.137. The van der Waals surface area contributed by atoms with Gasteiger partial charge in [-0.2, -0.15) is 0 Å². The number of hydrogen-bond donors (Lipinski definition) is 5. The molecule has 0 saturated carbocycles. The average Bonchev–Trinajstić information content (AvgIpc) is 2.91. The van der Waals surface area contributed by atoms with Crippen LogP contribution in [0.5, 0.6) is 0 Å². The number of carboxylic acid groups (broad SMARTS) is 2. The van der Waals surface area contributed by atoms with E-state index in [0.29, 0.717) is 16.8 Å². The van der Waals surface area contributed by atoms with Crippen molar-refractivity contribution in [3.8, 4) is 0 Å². The topological polar surface area (TPSA) is 194 Å². The number of benzene rings is 2. The summed E-state index contributed by atoms with van der Waals surface area (Å²) in [6.07, 6.45) is -0.213. The lowest BCUT2D eigenvalue weighted by Gasteiger charge is -2.26. The zero-order valence-electron chi connectivity index (χ0n) is 20.6. The van der Waals surface area contributed by atoms with Crippen molar-refractivity contribution in [3.05, 3.63) is 64.7 Å². The number of amides is 3. The normalized spacial score (nSPS) is 12.8. The van der Waals surface area contributed by atoms with E-state index in [1.807, 2.05) is 13.8 Å². The molecule has 0 bridgehead atoms. The number of hydrogen-bond acceptors (Lipinski definition) is 6. The Balaban J connectivity index is 0.00000112. The second-order valence-electron chi connectivity index (χ2n) is 8.41. The Labute approximate surface area is 213 Å². The number of nitrogens with one attached hydrogen (secondary N) is 2. The molecule has 1 heterocycles. The van der Waals surface area contributed by atoms with E-state index in [9.17, 15) is 19.2 Å². The quantitative estimate of drug-likeness (QED) is 0.273. The number of hydrazine groups is 1. The van der Waals surface area contributed by atoms with E-state index in [-0.39, 0.29) is 48.3 Å². The van der Waals surface area contributed by atoms with Gasteiger partial charge < -0.3 is 20.8 Å². The maximum absolute atomic E-state index is 13.2. The van der Waals surface area contributed by atoms with Gasteiger partial charge in [0.2, 0.25) is 5.91 Å². The van der Waals surface area contributed by atoms with Crippen molar-refractivity contribution in [2.24, 2.45) is 5.73 Å². The van der Waals surface area contributed by atoms with Crippen molar-refractivity contribution in [2.45, 2.75) is 39.7 Å². The molecule has 0 aromatic heterocycles. The number of amidine groups is 1. The Morgan fingerprint density at radius 2 is 1.73 bits per heavy atom. The second-order valence-corrected chi connectivity index (χ2v) is 8.41. The number of carboxylic acids is 2. The van der Waals surface area contributed by atoms with Gasteiger partial charge in [-0.3, -0.25) is 34.8 Å². The molecule has 2 aromatic rings. The van der Waals surface area contributed by atoms with E-state index in [1.54, 1.807) is 24.3 Å². The molecule has 12 nitrogen and oxygen atoms in total. The van der Waals surface area contributed by atoms with Crippen LogP contribution in [-0.2, 0) is 20.8 Å². The lowest BCUT2D eigenvalue weighted by atomic mass is 9.99. The molecule has 0 unspecified atom stereocenters. The van der Waals surface area contributed by atoms with Crippen LogP contribution in [0, 0.1) is 5.41 Å². The molecule has 0 radical (unpaired) electrons. The number of carbonyl (C=O) groups excluding carboxylic acids is 3. The molecule has 0 fully saturated rings. The predicted molar refractivity (Wildman–Crippen MR) is 134 cm³/mol. The molecule has 37 heavy (non-hydrogen) atoms. The first-order valence-corrected chi connectivity index (χ1v) is 11.3. The fourth-order valence-corrected chi connectivity index (χ4v) is 3.70. The van der Waals surface area contributed by atoms with Gasteiger partial charge in [0.25, 0.3) is 17.8 Å². The highest BCUT2D eigenvalue weighted by Gasteiger charge is 2.34. The number of aryl methyl sites for hydroxylation is 1. The predicted octanol–water partition coefficient (Wildman–Crippen LogP) is 1.62.